The van der Waals surface area contributed by atoms with E-state index in [-0.39, 0.29) is 24.2 Å². The van der Waals surface area contributed by atoms with Crippen LogP contribution in [-0.2, 0) is 25.5 Å². The van der Waals surface area contributed by atoms with E-state index >= 15 is 0 Å². The largest absolute Gasteiger partial charge is 0.467 e. The van der Waals surface area contributed by atoms with Crippen molar-refractivity contribution < 1.29 is 19.1 Å². The van der Waals surface area contributed by atoms with Gasteiger partial charge in [0, 0.05) is 0 Å². The van der Waals surface area contributed by atoms with Crippen molar-refractivity contribution in [2.75, 3.05) is 19.1 Å². The van der Waals surface area contributed by atoms with Gasteiger partial charge in [0.25, 0.3) is 0 Å². The highest BCUT2D eigenvalue weighted by Crippen LogP contribution is 2.07. The number of methoxy groups -OCH3 is 1. The number of benzene rings is 1. The predicted molar refractivity (Wildman–Crippen MR) is 104 cm³/mol. The first-order valence-corrected chi connectivity index (χ1v) is 9.98. The van der Waals surface area contributed by atoms with Gasteiger partial charge in [0.1, 0.15) is 12.1 Å². The van der Waals surface area contributed by atoms with E-state index in [1.807, 2.05) is 50.4 Å². The van der Waals surface area contributed by atoms with E-state index in [2.05, 4.69) is 10.6 Å². The van der Waals surface area contributed by atoms with Crippen LogP contribution < -0.4 is 10.6 Å². The zero-order valence-electron chi connectivity index (χ0n) is 15.8. The van der Waals surface area contributed by atoms with Crippen molar-refractivity contribution in [3.63, 3.8) is 0 Å². The Kier molecular flexibility index (Phi) is 9.80. The van der Waals surface area contributed by atoms with Crippen LogP contribution in [0.5, 0.6) is 0 Å². The van der Waals surface area contributed by atoms with Crippen molar-refractivity contribution in [1.82, 2.24) is 10.6 Å². The zero-order chi connectivity index (χ0) is 19.5. The molecular weight excluding hydrogens is 352 g/mol. The zero-order valence-corrected chi connectivity index (χ0v) is 16.6. The molecule has 0 aliphatic heterocycles. The fourth-order valence-corrected chi connectivity index (χ4v) is 2.90. The Morgan fingerprint density at radius 2 is 1.77 bits per heavy atom. The minimum Gasteiger partial charge on any atom is -0.467 e. The topological polar surface area (TPSA) is 84.5 Å². The number of rotatable bonds is 10. The van der Waals surface area contributed by atoms with Crippen LogP contribution in [0.3, 0.4) is 0 Å². The summed E-state index contributed by atoms with van der Waals surface area (Å²) in [6.07, 6.45) is 2.60. The number of carbonyl (C=O) groups excluding carboxylic acids is 3. The summed E-state index contributed by atoms with van der Waals surface area (Å²) in [5, 5.41) is 5.49. The Bertz CT molecular complexity index is 592. The molecule has 0 spiro atoms. The average Bonchev–Trinajstić information content (AvgIpc) is 2.62. The van der Waals surface area contributed by atoms with Gasteiger partial charge in [-0.2, -0.15) is 11.8 Å². The summed E-state index contributed by atoms with van der Waals surface area (Å²) in [4.78, 5) is 36.8. The molecule has 0 unspecified atom stereocenters. The third-order valence-corrected chi connectivity index (χ3v) is 4.53. The lowest BCUT2D eigenvalue weighted by Crippen LogP contribution is -2.54. The van der Waals surface area contributed by atoms with Crippen molar-refractivity contribution in [1.29, 1.82) is 0 Å². The molecule has 1 rings (SSSR count). The normalized spacial score (nSPS) is 13.0. The Morgan fingerprint density at radius 3 is 2.31 bits per heavy atom. The van der Waals surface area contributed by atoms with E-state index in [0.717, 1.165) is 5.56 Å². The van der Waals surface area contributed by atoms with Crippen molar-refractivity contribution >= 4 is 29.5 Å². The molecule has 7 heteroatoms. The number of esters is 1. The molecule has 0 aliphatic carbocycles. The molecule has 0 fully saturated rings. The van der Waals surface area contributed by atoms with E-state index in [1.165, 1.54) is 7.11 Å². The first kappa shape index (κ1) is 22.0. The number of amides is 2. The number of thioether (sulfide) groups is 1. The van der Waals surface area contributed by atoms with Crippen molar-refractivity contribution in [2.45, 2.75) is 38.8 Å². The van der Waals surface area contributed by atoms with Gasteiger partial charge in [-0.05, 0) is 29.9 Å². The van der Waals surface area contributed by atoms with Gasteiger partial charge in [-0.15, -0.1) is 0 Å². The Hall–Kier alpha value is -2.02. The number of hydrogen-bond acceptors (Lipinski definition) is 5. The molecule has 0 aromatic heterocycles. The molecule has 0 heterocycles. The summed E-state index contributed by atoms with van der Waals surface area (Å²) < 4.78 is 4.76. The van der Waals surface area contributed by atoms with Crippen LogP contribution >= 0.6 is 11.8 Å². The van der Waals surface area contributed by atoms with Gasteiger partial charge in [-0.3, -0.25) is 9.59 Å². The minimum absolute atomic E-state index is 0.117. The van der Waals surface area contributed by atoms with Crippen molar-refractivity contribution in [3.05, 3.63) is 35.9 Å². The van der Waals surface area contributed by atoms with Gasteiger partial charge in [0.15, 0.2) is 0 Å². The van der Waals surface area contributed by atoms with Gasteiger partial charge in [-0.25, -0.2) is 4.79 Å². The molecule has 0 aliphatic rings. The number of hydrogen-bond donors (Lipinski definition) is 2. The molecule has 0 radical (unpaired) electrons. The molecular formula is C19H28N2O4S. The predicted octanol–water partition coefficient (Wildman–Crippen LogP) is 1.78. The highest BCUT2D eigenvalue weighted by molar-refractivity contribution is 7.98. The minimum atomic E-state index is -0.716. The highest BCUT2D eigenvalue weighted by atomic mass is 32.2. The van der Waals surface area contributed by atoms with Crippen LogP contribution in [0.2, 0.25) is 0 Å². The van der Waals surface area contributed by atoms with Crippen LogP contribution in [0.4, 0.5) is 0 Å². The summed E-state index contributed by atoms with van der Waals surface area (Å²) in [7, 11) is 1.29. The van der Waals surface area contributed by atoms with Gasteiger partial charge < -0.3 is 15.4 Å². The first-order valence-electron chi connectivity index (χ1n) is 8.59. The molecule has 144 valence electrons. The molecule has 2 atom stereocenters. The van der Waals surface area contributed by atoms with Gasteiger partial charge in [0.2, 0.25) is 11.8 Å². The van der Waals surface area contributed by atoms with E-state index in [1.54, 1.807) is 11.8 Å². The third-order valence-electron chi connectivity index (χ3n) is 3.89. The van der Waals surface area contributed by atoms with Crippen LogP contribution in [0.1, 0.15) is 25.8 Å². The fourth-order valence-electron chi connectivity index (χ4n) is 2.43. The number of ether oxygens (including phenoxy) is 1. The maximum absolute atomic E-state index is 12.6. The quantitative estimate of drug-likeness (QED) is 0.605. The molecule has 2 amide bonds. The van der Waals surface area contributed by atoms with Gasteiger partial charge in [0.05, 0.1) is 13.5 Å². The summed E-state index contributed by atoms with van der Waals surface area (Å²) in [5.74, 6) is -0.493. The molecule has 1 aromatic carbocycles. The maximum atomic E-state index is 12.6. The Morgan fingerprint density at radius 1 is 1.12 bits per heavy atom. The standard InChI is InChI=1S/C19H28N2O4S/c1-13(2)17(21-16(22)12-14-8-6-5-7-9-14)18(23)20-15(10-11-26-4)19(24)25-3/h5-9,13,15,17H,10-12H2,1-4H3,(H,20,23)(H,21,22)/t15-,17+/m1/s1. The van der Waals surface area contributed by atoms with Crippen LogP contribution in [0.25, 0.3) is 0 Å². The van der Waals surface area contributed by atoms with E-state index in [4.69, 9.17) is 4.74 Å². The molecule has 0 bridgehead atoms. The summed E-state index contributed by atoms with van der Waals surface area (Å²) >= 11 is 1.58. The average molecular weight is 381 g/mol. The highest BCUT2D eigenvalue weighted by Gasteiger charge is 2.28. The van der Waals surface area contributed by atoms with Gasteiger partial charge in [-0.1, -0.05) is 44.2 Å². The molecule has 1 aromatic rings. The maximum Gasteiger partial charge on any atom is 0.328 e. The Balaban J connectivity index is 2.72. The van der Waals surface area contributed by atoms with Crippen LogP contribution in [-0.4, -0.2) is 49.0 Å². The van der Waals surface area contributed by atoms with E-state index in [0.29, 0.717) is 12.2 Å². The molecule has 26 heavy (non-hydrogen) atoms. The molecule has 0 saturated carbocycles. The van der Waals surface area contributed by atoms with Crippen LogP contribution in [0, 0.1) is 5.92 Å². The summed E-state index contributed by atoms with van der Waals surface area (Å²) in [6, 6.07) is 7.90. The fraction of sp³-hybridized carbons (Fsp3) is 0.526. The monoisotopic (exact) mass is 380 g/mol. The summed E-state index contributed by atoms with van der Waals surface area (Å²) in [5.41, 5.74) is 0.875. The summed E-state index contributed by atoms with van der Waals surface area (Å²) in [6.45, 7) is 3.70. The number of carbonyl (C=O) groups is 3. The van der Waals surface area contributed by atoms with Crippen LogP contribution in [0.15, 0.2) is 30.3 Å². The third kappa shape index (κ3) is 7.47. The molecule has 0 saturated heterocycles. The molecule has 2 N–H and O–H groups in total. The van der Waals surface area contributed by atoms with Crippen molar-refractivity contribution in [2.24, 2.45) is 5.92 Å². The second kappa shape index (κ2) is 11.6. The van der Waals surface area contributed by atoms with Crippen molar-refractivity contribution in [3.8, 4) is 0 Å². The lowest BCUT2D eigenvalue weighted by atomic mass is 10.0. The SMILES string of the molecule is COC(=O)[C@@H](CCSC)NC(=O)[C@@H](NC(=O)Cc1ccccc1)C(C)C. The van der Waals surface area contributed by atoms with E-state index in [9.17, 15) is 14.4 Å². The Labute approximate surface area is 159 Å². The second-order valence-electron chi connectivity index (χ2n) is 6.32. The number of nitrogens with one attached hydrogen (secondary N) is 2. The lowest BCUT2D eigenvalue weighted by Gasteiger charge is -2.24. The van der Waals surface area contributed by atoms with E-state index < -0.39 is 18.1 Å². The lowest BCUT2D eigenvalue weighted by molar-refractivity contribution is -0.145. The smallest absolute Gasteiger partial charge is 0.328 e. The molecule has 6 nitrogen and oxygen atoms in total. The second-order valence-corrected chi connectivity index (χ2v) is 7.30. The van der Waals surface area contributed by atoms with Gasteiger partial charge >= 0.3 is 5.97 Å². The first-order chi connectivity index (χ1) is 12.4.